The van der Waals surface area contributed by atoms with Crippen molar-refractivity contribution in [2.24, 2.45) is 0 Å². The lowest BCUT2D eigenvalue weighted by atomic mass is 10.1. The van der Waals surface area contributed by atoms with Crippen LogP contribution in [0.2, 0.25) is 0 Å². The number of benzene rings is 1. The van der Waals surface area contributed by atoms with E-state index in [0.29, 0.717) is 17.1 Å². The number of carbonyl (C=O) groups excluding carboxylic acids is 1. The Morgan fingerprint density at radius 3 is 2.70 bits per heavy atom. The lowest BCUT2D eigenvalue weighted by Crippen LogP contribution is -2.25. The molecule has 2 aromatic heterocycles. The minimum absolute atomic E-state index is 0.128. The van der Waals surface area contributed by atoms with Gasteiger partial charge in [0.15, 0.2) is 5.78 Å². The van der Waals surface area contributed by atoms with Crippen molar-refractivity contribution in [1.29, 1.82) is 0 Å². The molecule has 0 unspecified atom stereocenters. The van der Waals surface area contributed by atoms with Crippen LogP contribution in [-0.2, 0) is 6.54 Å². The van der Waals surface area contributed by atoms with Crippen LogP contribution in [0.25, 0.3) is 10.9 Å². The van der Waals surface area contributed by atoms with E-state index in [-0.39, 0.29) is 23.4 Å². The maximum atomic E-state index is 12.8. The molecule has 0 bridgehead atoms. The minimum atomic E-state index is -0.561. The average Bonchev–Trinajstić information content (AvgIpc) is 3.42. The SMILES string of the molecule is Cc1cc(C(=O)Cn2cnc3ccc([N+](=O)[O-])cc3c2=O)c(C)n1C1CC1. The van der Waals surface area contributed by atoms with Gasteiger partial charge in [0.05, 0.1) is 28.7 Å². The maximum Gasteiger partial charge on any atom is 0.270 e. The van der Waals surface area contributed by atoms with Gasteiger partial charge in [-0.2, -0.15) is 0 Å². The van der Waals surface area contributed by atoms with E-state index in [4.69, 9.17) is 0 Å². The zero-order valence-corrected chi connectivity index (χ0v) is 15.0. The van der Waals surface area contributed by atoms with Crippen molar-refractivity contribution in [1.82, 2.24) is 14.1 Å². The van der Waals surface area contributed by atoms with Crippen LogP contribution in [0.3, 0.4) is 0 Å². The fourth-order valence-electron chi connectivity index (χ4n) is 3.57. The van der Waals surface area contributed by atoms with Crippen LogP contribution >= 0.6 is 0 Å². The Balaban J connectivity index is 1.70. The Hall–Kier alpha value is -3.29. The van der Waals surface area contributed by atoms with E-state index in [9.17, 15) is 19.7 Å². The van der Waals surface area contributed by atoms with Gasteiger partial charge in [0, 0.05) is 35.1 Å². The van der Waals surface area contributed by atoms with Crippen LogP contribution in [0, 0.1) is 24.0 Å². The molecule has 0 spiro atoms. The Morgan fingerprint density at radius 1 is 1.30 bits per heavy atom. The molecule has 27 heavy (non-hydrogen) atoms. The third-order valence-electron chi connectivity index (χ3n) is 5.03. The summed E-state index contributed by atoms with van der Waals surface area (Å²) in [7, 11) is 0. The molecule has 0 atom stereocenters. The van der Waals surface area contributed by atoms with Crippen LogP contribution in [0.5, 0.6) is 0 Å². The predicted octanol–water partition coefficient (Wildman–Crippen LogP) is 2.94. The van der Waals surface area contributed by atoms with Crippen molar-refractivity contribution < 1.29 is 9.72 Å². The minimum Gasteiger partial charge on any atom is -0.345 e. The zero-order valence-electron chi connectivity index (χ0n) is 15.0. The first-order chi connectivity index (χ1) is 12.9. The molecule has 0 N–H and O–H groups in total. The predicted molar refractivity (Wildman–Crippen MR) is 99.2 cm³/mol. The number of aromatic nitrogens is 3. The molecule has 1 aliphatic rings. The third-order valence-corrected chi connectivity index (χ3v) is 5.03. The summed E-state index contributed by atoms with van der Waals surface area (Å²) in [5, 5.41) is 11.1. The molecular formula is C19H18N4O4. The van der Waals surface area contributed by atoms with Crippen LogP contribution in [0.1, 0.15) is 40.6 Å². The molecule has 3 aromatic rings. The summed E-state index contributed by atoms with van der Waals surface area (Å²) in [5.74, 6) is -0.177. The lowest BCUT2D eigenvalue weighted by Gasteiger charge is -2.08. The van der Waals surface area contributed by atoms with Crippen LogP contribution in [0.4, 0.5) is 5.69 Å². The molecule has 8 nitrogen and oxygen atoms in total. The highest BCUT2D eigenvalue weighted by Crippen LogP contribution is 2.38. The highest BCUT2D eigenvalue weighted by molar-refractivity contribution is 5.97. The first-order valence-corrected chi connectivity index (χ1v) is 8.72. The smallest absolute Gasteiger partial charge is 0.270 e. The number of rotatable bonds is 5. The normalized spacial score (nSPS) is 13.9. The van der Waals surface area contributed by atoms with Crippen molar-refractivity contribution in [3.05, 3.63) is 68.0 Å². The van der Waals surface area contributed by atoms with Crippen molar-refractivity contribution in [3.63, 3.8) is 0 Å². The van der Waals surface area contributed by atoms with E-state index >= 15 is 0 Å². The van der Waals surface area contributed by atoms with Gasteiger partial charge in [0.25, 0.3) is 11.2 Å². The lowest BCUT2D eigenvalue weighted by molar-refractivity contribution is -0.384. The summed E-state index contributed by atoms with van der Waals surface area (Å²) < 4.78 is 3.38. The molecule has 0 saturated heterocycles. The largest absolute Gasteiger partial charge is 0.345 e. The number of Topliss-reactive ketones (excluding diaryl/α,β-unsaturated/α-hetero) is 1. The van der Waals surface area contributed by atoms with Gasteiger partial charge in [-0.3, -0.25) is 24.3 Å². The van der Waals surface area contributed by atoms with Gasteiger partial charge >= 0.3 is 0 Å². The number of aryl methyl sites for hydroxylation is 1. The van der Waals surface area contributed by atoms with Crippen molar-refractivity contribution in [2.45, 2.75) is 39.3 Å². The number of hydrogen-bond acceptors (Lipinski definition) is 5. The van der Waals surface area contributed by atoms with Crippen LogP contribution < -0.4 is 5.56 Å². The number of carbonyl (C=O) groups is 1. The highest BCUT2D eigenvalue weighted by Gasteiger charge is 2.28. The van der Waals surface area contributed by atoms with Crippen molar-refractivity contribution >= 4 is 22.4 Å². The van der Waals surface area contributed by atoms with E-state index in [0.717, 1.165) is 24.2 Å². The standard InChI is InChI=1S/C19H18N4O4/c1-11-7-15(12(2)22(11)13-3-4-13)18(24)9-21-10-20-17-6-5-14(23(26)27)8-16(17)19(21)25/h5-8,10,13H,3-4,9H2,1-2H3. The zero-order chi connectivity index (χ0) is 19.3. The van der Waals surface area contributed by atoms with Gasteiger partial charge in [0.2, 0.25) is 0 Å². The number of ketones is 1. The second-order valence-corrected chi connectivity index (χ2v) is 6.95. The third kappa shape index (κ3) is 2.92. The van der Waals surface area contributed by atoms with Crippen LogP contribution in [-0.4, -0.2) is 24.8 Å². The number of hydrogen-bond donors (Lipinski definition) is 0. The summed E-state index contributed by atoms with van der Waals surface area (Å²) >= 11 is 0. The van der Waals surface area contributed by atoms with Gasteiger partial charge in [-0.25, -0.2) is 4.98 Å². The number of nitrogens with zero attached hydrogens (tertiary/aromatic N) is 4. The second-order valence-electron chi connectivity index (χ2n) is 6.95. The molecule has 8 heteroatoms. The average molecular weight is 366 g/mol. The molecule has 4 rings (SSSR count). The van der Waals surface area contributed by atoms with Crippen molar-refractivity contribution in [3.8, 4) is 0 Å². The summed E-state index contributed by atoms with van der Waals surface area (Å²) in [4.78, 5) is 40.0. The topological polar surface area (TPSA) is 100 Å². The van der Waals surface area contributed by atoms with E-state index in [2.05, 4.69) is 9.55 Å². The fourth-order valence-corrected chi connectivity index (χ4v) is 3.57. The number of non-ortho nitro benzene ring substituents is 1. The molecule has 1 fully saturated rings. The van der Waals surface area contributed by atoms with Gasteiger partial charge in [0.1, 0.15) is 0 Å². The summed E-state index contributed by atoms with van der Waals surface area (Å²) in [6.45, 7) is 3.74. The molecule has 1 aromatic carbocycles. The van der Waals surface area contributed by atoms with Crippen LogP contribution in [0.15, 0.2) is 35.4 Å². The Kier molecular flexibility index (Phi) is 3.91. The first kappa shape index (κ1) is 17.1. The van der Waals surface area contributed by atoms with Gasteiger partial charge in [-0.05, 0) is 38.8 Å². The molecule has 0 aliphatic heterocycles. The van der Waals surface area contributed by atoms with E-state index in [1.165, 1.54) is 29.1 Å². The van der Waals surface area contributed by atoms with Gasteiger partial charge < -0.3 is 4.57 Å². The Labute approximate surface area is 154 Å². The molecule has 138 valence electrons. The summed E-state index contributed by atoms with van der Waals surface area (Å²) in [5.41, 5.74) is 2.27. The molecule has 0 radical (unpaired) electrons. The monoisotopic (exact) mass is 366 g/mol. The number of nitro groups is 1. The first-order valence-electron chi connectivity index (χ1n) is 8.72. The summed E-state index contributed by atoms with van der Waals surface area (Å²) in [6.07, 6.45) is 3.56. The van der Waals surface area contributed by atoms with Crippen molar-refractivity contribution in [2.75, 3.05) is 0 Å². The molecule has 0 amide bonds. The number of fused-ring (bicyclic) bond motifs is 1. The summed E-state index contributed by atoms with van der Waals surface area (Å²) in [6, 6.07) is 6.27. The molecular weight excluding hydrogens is 348 g/mol. The Bertz CT molecular complexity index is 1150. The molecule has 1 aliphatic carbocycles. The van der Waals surface area contributed by atoms with E-state index < -0.39 is 10.5 Å². The highest BCUT2D eigenvalue weighted by atomic mass is 16.6. The maximum absolute atomic E-state index is 12.8. The quantitative estimate of drug-likeness (QED) is 0.393. The van der Waals surface area contributed by atoms with E-state index in [1.807, 2.05) is 19.9 Å². The second kappa shape index (κ2) is 6.15. The Morgan fingerprint density at radius 2 is 2.04 bits per heavy atom. The van der Waals surface area contributed by atoms with Gasteiger partial charge in [-0.15, -0.1) is 0 Å². The number of nitro benzene ring substituents is 1. The molecule has 2 heterocycles. The van der Waals surface area contributed by atoms with Gasteiger partial charge in [-0.1, -0.05) is 0 Å². The molecule has 1 saturated carbocycles. The van der Waals surface area contributed by atoms with E-state index in [1.54, 1.807) is 0 Å². The fraction of sp³-hybridized carbons (Fsp3) is 0.316.